The van der Waals surface area contributed by atoms with Crippen molar-refractivity contribution in [2.45, 2.75) is 27.7 Å². The average molecular weight is 215 g/mol. The molecule has 0 aromatic heterocycles. The molecule has 0 radical (unpaired) electrons. The Bertz CT molecular complexity index is 189. The molecule has 0 aromatic rings. The van der Waals surface area contributed by atoms with Crippen LogP contribution in [0.2, 0.25) is 0 Å². The first-order chi connectivity index (χ1) is 4.93. The van der Waals surface area contributed by atoms with Crippen LogP contribution in [-0.4, -0.2) is 20.2 Å². The molecule has 0 aliphatic carbocycles. The van der Waals surface area contributed by atoms with Crippen molar-refractivity contribution in [1.82, 2.24) is 0 Å². The summed E-state index contributed by atoms with van der Waals surface area (Å²) in [6.45, 7) is 12.5. The van der Waals surface area contributed by atoms with E-state index in [9.17, 15) is 0 Å². The van der Waals surface area contributed by atoms with Crippen molar-refractivity contribution in [3.8, 4) is 0 Å². The predicted molar refractivity (Wildman–Crippen MR) is 53.1 cm³/mol. The van der Waals surface area contributed by atoms with Gasteiger partial charge in [-0.25, -0.2) is 0 Å². The van der Waals surface area contributed by atoms with E-state index in [1.807, 2.05) is 6.08 Å². The molecule has 0 heterocycles. The van der Waals surface area contributed by atoms with Gasteiger partial charge < -0.3 is 0 Å². The first-order valence-electron chi connectivity index (χ1n) is 3.81. The fourth-order valence-electron chi connectivity index (χ4n) is 1.05. The van der Waals surface area contributed by atoms with Crippen LogP contribution in [0.5, 0.6) is 0 Å². The fourth-order valence-corrected chi connectivity index (χ4v) is 2.08. The second-order valence-electron chi connectivity index (χ2n) is 3.79. The molecular formula is C10H16Se. The van der Waals surface area contributed by atoms with E-state index in [2.05, 4.69) is 54.4 Å². The van der Waals surface area contributed by atoms with Gasteiger partial charge in [-0.2, -0.15) is 0 Å². The predicted octanol–water partition coefficient (Wildman–Crippen LogP) is 2.35. The molecule has 0 amide bonds. The van der Waals surface area contributed by atoms with Gasteiger partial charge in [0.15, 0.2) is 0 Å². The van der Waals surface area contributed by atoms with Crippen LogP contribution >= 0.6 is 0 Å². The second-order valence-corrected chi connectivity index (χ2v) is 4.22. The van der Waals surface area contributed by atoms with E-state index < -0.39 is 0 Å². The third-order valence-corrected chi connectivity index (χ3v) is 2.19. The van der Waals surface area contributed by atoms with Gasteiger partial charge in [0.1, 0.15) is 0 Å². The van der Waals surface area contributed by atoms with Crippen LogP contribution in [0.25, 0.3) is 0 Å². The van der Waals surface area contributed by atoms with Crippen LogP contribution < -0.4 is 0 Å². The average Bonchev–Trinajstić information content (AvgIpc) is 1.86. The Kier molecular flexibility index (Phi) is 4.03. The number of hydrogen-bond acceptors (Lipinski definition) is 0. The summed E-state index contributed by atoms with van der Waals surface area (Å²) < 4.78 is 3.11. The van der Waals surface area contributed by atoms with Gasteiger partial charge in [0.25, 0.3) is 0 Å². The van der Waals surface area contributed by atoms with Crippen molar-refractivity contribution in [3.05, 3.63) is 18.2 Å². The number of hydrogen-bond donors (Lipinski definition) is 0. The van der Waals surface area contributed by atoms with Crippen LogP contribution in [-0.2, 0) is 0 Å². The molecule has 0 aliphatic rings. The first kappa shape index (κ1) is 10.9. The van der Waals surface area contributed by atoms with Gasteiger partial charge in [-0.15, -0.1) is 0 Å². The molecule has 1 heteroatoms. The van der Waals surface area contributed by atoms with Gasteiger partial charge in [-0.05, 0) is 0 Å². The Balaban J connectivity index is 4.71. The summed E-state index contributed by atoms with van der Waals surface area (Å²) >= 11 is 2.83. The summed E-state index contributed by atoms with van der Waals surface area (Å²) in [5.74, 6) is 0.413. The van der Waals surface area contributed by atoms with E-state index >= 15 is 0 Å². The first-order valence-corrected chi connectivity index (χ1v) is 4.67. The van der Waals surface area contributed by atoms with Crippen LogP contribution in [0, 0.1) is 11.3 Å². The summed E-state index contributed by atoms with van der Waals surface area (Å²) in [4.78, 5) is 0. The summed E-state index contributed by atoms with van der Waals surface area (Å²) in [5, 5.41) is 0. The third-order valence-electron chi connectivity index (χ3n) is 1.73. The zero-order valence-electron chi connectivity index (χ0n) is 7.77. The molecule has 0 fully saturated rings. The van der Waals surface area contributed by atoms with Crippen molar-refractivity contribution in [2.24, 2.45) is 11.3 Å². The molecule has 0 rings (SSSR count). The van der Waals surface area contributed by atoms with Gasteiger partial charge in [0.05, 0.1) is 0 Å². The van der Waals surface area contributed by atoms with E-state index in [-0.39, 0.29) is 5.41 Å². The standard InChI is InChI=1S/C10H16Se/c1-6-8(2)9(7-11)10(3,4)5/h6,8H,1H2,2-5H3. The zero-order valence-corrected chi connectivity index (χ0v) is 9.48. The second kappa shape index (κ2) is 4.07. The molecule has 0 aliphatic heterocycles. The van der Waals surface area contributed by atoms with E-state index in [4.69, 9.17) is 0 Å². The van der Waals surface area contributed by atoms with Gasteiger partial charge in [-0.1, -0.05) is 0 Å². The summed E-state index contributed by atoms with van der Waals surface area (Å²) in [7, 11) is 0. The molecule has 11 heavy (non-hydrogen) atoms. The number of allylic oxidation sites excluding steroid dienone is 2. The molecule has 1 unspecified atom stereocenters. The van der Waals surface area contributed by atoms with Crippen LogP contribution in [0.15, 0.2) is 18.2 Å². The molecule has 0 saturated carbocycles. The minimum absolute atomic E-state index is 0.193. The Morgan fingerprint density at radius 2 is 2.00 bits per heavy atom. The van der Waals surface area contributed by atoms with Crippen molar-refractivity contribution in [1.29, 1.82) is 0 Å². The molecule has 0 saturated heterocycles. The SMILES string of the molecule is C=CC(C)C(=C=[Se])C(C)(C)C. The van der Waals surface area contributed by atoms with Gasteiger partial charge in [-0.3, -0.25) is 0 Å². The van der Waals surface area contributed by atoms with Gasteiger partial charge in [0, 0.05) is 0 Å². The van der Waals surface area contributed by atoms with Crippen molar-refractivity contribution >= 4 is 20.2 Å². The third kappa shape index (κ3) is 3.20. The summed E-state index contributed by atoms with van der Waals surface area (Å²) in [6.07, 6.45) is 1.95. The van der Waals surface area contributed by atoms with Crippen molar-refractivity contribution in [3.63, 3.8) is 0 Å². The quantitative estimate of drug-likeness (QED) is 0.490. The van der Waals surface area contributed by atoms with Crippen LogP contribution in [0.3, 0.4) is 0 Å². The van der Waals surface area contributed by atoms with Crippen LogP contribution in [0.1, 0.15) is 27.7 Å². The molecule has 0 aromatic carbocycles. The van der Waals surface area contributed by atoms with Crippen molar-refractivity contribution < 1.29 is 0 Å². The number of rotatable bonds is 2. The Morgan fingerprint density at radius 1 is 1.55 bits per heavy atom. The molecular weight excluding hydrogens is 199 g/mol. The summed E-state index contributed by atoms with van der Waals surface area (Å²) in [5.41, 5.74) is 1.48. The Labute approximate surface area is 77.7 Å². The van der Waals surface area contributed by atoms with E-state index in [1.165, 1.54) is 5.57 Å². The van der Waals surface area contributed by atoms with Gasteiger partial charge in [0.2, 0.25) is 0 Å². The molecule has 1 atom stereocenters. The van der Waals surface area contributed by atoms with E-state index in [0.717, 1.165) is 0 Å². The van der Waals surface area contributed by atoms with Gasteiger partial charge >= 0.3 is 77.4 Å². The maximum absolute atomic E-state index is 3.77. The maximum atomic E-state index is 3.77. The Hall–Kier alpha value is -0.0905. The topological polar surface area (TPSA) is 0 Å². The zero-order chi connectivity index (χ0) is 9.07. The summed E-state index contributed by atoms with van der Waals surface area (Å²) in [6, 6.07) is 0. The monoisotopic (exact) mass is 216 g/mol. The minimum atomic E-state index is 0.193. The molecule has 0 bridgehead atoms. The van der Waals surface area contributed by atoms with E-state index in [0.29, 0.717) is 5.92 Å². The molecule has 0 nitrogen and oxygen atoms in total. The molecule has 0 N–H and O–H groups in total. The molecule has 62 valence electrons. The van der Waals surface area contributed by atoms with Crippen molar-refractivity contribution in [2.75, 3.05) is 0 Å². The van der Waals surface area contributed by atoms with Crippen LogP contribution in [0.4, 0.5) is 0 Å². The fraction of sp³-hybridized carbons (Fsp3) is 0.600. The molecule has 0 spiro atoms. The normalized spacial score (nSPS) is 13.5. The Morgan fingerprint density at radius 3 is 2.09 bits per heavy atom. The van der Waals surface area contributed by atoms with E-state index in [1.54, 1.807) is 0 Å².